The van der Waals surface area contributed by atoms with Crippen molar-refractivity contribution < 1.29 is 9.90 Å². The minimum atomic E-state index is -0.900. The van der Waals surface area contributed by atoms with Crippen LogP contribution in [0.25, 0.3) is 0 Å². The second kappa shape index (κ2) is 4.24. The highest BCUT2D eigenvalue weighted by Crippen LogP contribution is 2.26. The van der Waals surface area contributed by atoms with Gasteiger partial charge in [0.05, 0.1) is 11.3 Å². The fourth-order valence-corrected chi connectivity index (χ4v) is 1.74. The van der Waals surface area contributed by atoms with Crippen LogP contribution < -0.4 is 0 Å². The maximum absolute atomic E-state index is 11.2. The fraction of sp³-hybridized carbons (Fsp3) is 0.538. The smallest absolute Gasteiger partial charge is 0.337 e. The molecular weight excluding hydrogens is 202 g/mol. The minimum Gasteiger partial charge on any atom is -0.478 e. The molecule has 0 aromatic carbocycles. The summed E-state index contributed by atoms with van der Waals surface area (Å²) in [6, 6.07) is 1.73. The maximum atomic E-state index is 11.2. The first-order chi connectivity index (χ1) is 7.27. The van der Waals surface area contributed by atoms with Gasteiger partial charge in [0.2, 0.25) is 0 Å². The summed E-state index contributed by atoms with van der Waals surface area (Å²) in [5.41, 5.74) is 2.68. The van der Waals surface area contributed by atoms with Gasteiger partial charge in [0.1, 0.15) is 0 Å². The third-order valence-corrected chi connectivity index (χ3v) is 2.59. The first-order valence-electron chi connectivity index (χ1n) is 5.51. The van der Waals surface area contributed by atoms with Gasteiger partial charge in [-0.3, -0.25) is 4.98 Å². The normalized spacial score (nSPS) is 11.6. The minimum absolute atomic E-state index is 0.245. The summed E-state index contributed by atoms with van der Waals surface area (Å²) in [5, 5.41) is 9.18. The number of hydrogen-bond donors (Lipinski definition) is 1. The molecule has 1 rings (SSSR count). The number of carbonyl (C=O) groups is 1. The van der Waals surface area contributed by atoms with Gasteiger partial charge >= 0.3 is 5.97 Å². The van der Waals surface area contributed by atoms with Gasteiger partial charge in [0.25, 0.3) is 0 Å². The first kappa shape index (κ1) is 12.7. The van der Waals surface area contributed by atoms with Gasteiger partial charge in [0.15, 0.2) is 0 Å². The van der Waals surface area contributed by atoms with E-state index in [1.807, 2.05) is 34.6 Å². The van der Waals surface area contributed by atoms with Gasteiger partial charge in [-0.15, -0.1) is 0 Å². The van der Waals surface area contributed by atoms with Crippen LogP contribution in [0.15, 0.2) is 6.07 Å². The van der Waals surface area contributed by atoms with Gasteiger partial charge in [-0.1, -0.05) is 27.7 Å². The Morgan fingerprint density at radius 3 is 2.38 bits per heavy atom. The molecule has 0 atom stereocenters. The SMILES string of the molecule is CCc1nc(C(C)(C)C)c(C(=O)O)cc1C. The molecule has 0 saturated heterocycles. The van der Waals surface area contributed by atoms with Gasteiger partial charge in [-0.2, -0.15) is 0 Å². The predicted octanol–water partition coefficient (Wildman–Crippen LogP) is 2.95. The molecule has 1 aromatic rings. The van der Waals surface area contributed by atoms with E-state index in [4.69, 9.17) is 0 Å². The lowest BCUT2D eigenvalue weighted by Crippen LogP contribution is -2.20. The summed E-state index contributed by atoms with van der Waals surface area (Å²) in [5.74, 6) is -0.900. The number of hydrogen-bond acceptors (Lipinski definition) is 2. The molecule has 0 amide bonds. The first-order valence-corrected chi connectivity index (χ1v) is 5.51. The van der Waals surface area contributed by atoms with Crippen LogP contribution in [-0.2, 0) is 11.8 Å². The van der Waals surface area contributed by atoms with Crippen molar-refractivity contribution in [2.45, 2.75) is 46.5 Å². The van der Waals surface area contributed by atoms with Gasteiger partial charge in [-0.25, -0.2) is 4.79 Å². The molecule has 0 aliphatic carbocycles. The molecule has 0 unspecified atom stereocenters. The Morgan fingerprint density at radius 2 is 2.00 bits per heavy atom. The molecule has 0 spiro atoms. The van der Waals surface area contributed by atoms with E-state index in [1.54, 1.807) is 6.07 Å². The molecule has 0 aliphatic rings. The van der Waals surface area contributed by atoms with Crippen molar-refractivity contribution in [2.24, 2.45) is 0 Å². The highest BCUT2D eigenvalue weighted by molar-refractivity contribution is 5.89. The van der Waals surface area contributed by atoms with E-state index >= 15 is 0 Å². The van der Waals surface area contributed by atoms with E-state index in [2.05, 4.69) is 4.98 Å². The molecule has 0 fully saturated rings. The Labute approximate surface area is 96.5 Å². The zero-order chi connectivity index (χ0) is 12.5. The number of pyridine rings is 1. The van der Waals surface area contributed by atoms with Crippen molar-refractivity contribution in [2.75, 3.05) is 0 Å². The molecule has 0 saturated carbocycles. The van der Waals surface area contributed by atoms with Crippen LogP contribution in [0.2, 0.25) is 0 Å². The number of nitrogens with zero attached hydrogens (tertiary/aromatic N) is 1. The molecule has 0 bridgehead atoms. The van der Waals surface area contributed by atoms with Gasteiger partial charge in [0, 0.05) is 11.1 Å². The highest BCUT2D eigenvalue weighted by Gasteiger charge is 2.24. The van der Waals surface area contributed by atoms with Crippen LogP contribution in [0, 0.1) is 6.92 Å². The van der Waals surface area contributed by atoms with Crippen molar-refractivity contribution in [3.63, 3.8) is 0 Å². The maximum Gasteiger partial charge on any atom is 0.337 e. The molecule has 1 N–H and O–H groups in total. The largest absolute Gasteiger partial charge is 0.478 e. The second-order valence-electron chi connectivity index (χ2n) is 5.06. The Morgan fingerprint density at radius 1 is 1.44 bits per heavy atom. The monoisotopic (exact) mass is 221 g/mol. The van der Waals surface area contributed by atoms with E-state index in [0.29, 0.717) is 11.3 Å². The van der Waals surface area contributed by atoms with Crippen molar-refractivity contribution in [1.29, 1.82) is 0 Å². The van der Waals surface area contributed by atoms with E-state index in [-0.39, 0.29) is 5.41 Å². The number of aryl methyl sites for hydroxylation is 2. The van der Waals surface area contributed by atoms with Crippen LogP contribution in [0.4, 0.5) is 0 Å². The van der Waals surface area contributed by atoms with Crippen LogP contribution in [0.1, 0.15) is 55.0 Å². The van der Waals surface area contributed by atoms with Crippen LogP contribution in [0.5, 0.6) is 0 Å². The van der Waals surface area contributed by atoms with E-state index in [9.17, 15) is 9.90 Å². The number of carboxylic acid groups (broad SMARTS) is 1. The second-order valence-corrected chi connectivity index (χ2v) is 5.06. The summed E-state index contributed by atoms with van der Waals surface area (Å²) < 4.78 is 0. The molecular formula is C13H19NO2. The summed E-state index contributed by atoms with van der Waals surface area (Å²) >= 11 is 0. The Bertz CT molecular complexity index is 417. The third-order valence-electron chi connectivity index (χ3n) is 2.59. The van der Waals surface area contributed by atoms with Crippen LogP contribution >= 0.6 is 0 Å². The topological polar surface area (TPSA) is 50.2 Å². The number of carboxylic acids is 1. The van der Waals surface area contributed by atoms with Gasteiger partial charge in [-0.05, 0) is 25.0 Å². The Balaban J connectivity index is 3.49. The average molecular weight is 221 g/mol. The van der Waals surface area contributed by atoms with Crippen molar-refractivity contribution >= 4 is 5.97 Å². The standard InChI is InChI=1S/C13H19NO2/c1-6-10-8(2)7-9(12(15)16)11(14-10)13(3,4)5/h7H,6H2,1-5H3,(H,15,16). The Hall–Kier alpha value is -1.38. The summed E-state index contributed by atoms with van der Waals surface area (Å²) in [4.78, 5) is 15.7. The molecule has 1 heterocycles. The van der Waals surface area contributed by atoms with Gasteiger partial charge < -0.3 is 5.11 Å². The molecule has 88 valence electrons. The summed E-state index contributed by atoms with van der Waals surface area (Å²) in [6.45, 7) is 9.89. The predicted molar refractivity (Wildman–Crippen MR) is 64.0 cm³/mol. The van der Waals surface area contributed by atoms with Crippen LogP contribution in [0.3, 0.4) is 0 Å². The lowest BCUT2D eigenvalue weighted by Gasteiger charge is -2.21. The molecule has 16 heavy (non-hydrogen) atoms. The zero-order valence-electron chi connectivity index (χ0n) is 10.6. The third kappa shape index (κ3) is 2.40. The lowest BCUT2D eigenvalue weighted by molar-refractivity contribution is 0.0693. The Kier molecular flexibility index (Phi) is 3.36. The summed E-state index contributed by atoms with van der Waals surface area (Å²) in [7, 11) is 0. The van der Waals surface area contributed by atoms with E-state index < -0.39 is 5.97 Å². The van der Waals surface area contributed by atoms with E-state index in [1.165, 1.54) is 0 Å². The number of aromatic carboxylic acids is 1. The molecule has 1 aromatic heterocycles. The number of rotatable bonds is 2. The van der Waals surface area contributed by atoms with Crippen molar-refractivity contribution in [1.82, 2.24) is 4.98 Å². The summed E-state index contributed by atoms with van der Waals surface area (Å²) in [6.07, 6.45) is 0.828. The lowest BCUT2D eigenvalue weighted by atomic mass is 9.87. The molecule has 3 nitrogen and oxygen atoms in total. The molecule has 3 heteroatoms. The fourth-order valence-electron chi connectivity index (χ4n) is 1.74. The highest BCUT2D eigenvalue weighted by atomic mass is 16.4. The quantitative estimate of drug-likeness (QED) is 0.835. The average Bonchev–Trinajstić information content (AvgIpc) is 2.15. The molecule has 0 aliphatic heterocycles. The molecule has 0 radical (unpaired) electrons. The van der Waals surface area contributed by atoms with Crippen LogP contribution in [-0.4, -0.2) is 16.1 Å². The van der Waals surface area contributed by atoms with E-state index in [0.717, 1.165) is 17.7 Å². The van der Waals surface area contributed by atoms with Crippen molar-refractivity contribution in [3.8, 4) is 0 Å². The zero-order valence-corrected chi connectivity index (χ0v) is 10.6. The van der Waals surface area contributed by atoms with Crippen molar-refractivity contribution in [3.05, 3.63) is 28.6 Å². The number of aromatic nitrogens is 1.